The molecule has 7 nitrogen and oxygen atoms in total. The van der Waals surface area contributed by atoms with E-state index >= 15 is 0 Å². The van der Waals surface area contributed by atoms with E-state index in [-0.39, 0.29) is 36.3 Å². The standard InChI is InChI=1S/C29H31F3N4O3/c1-16-10-19(8-9-36(16)28(38)18(3)29(30,31)32)23-15-35(4)27-26(23)17(2)22(14-34-27)12-24(37)20-6-7-25(39-5)21(11-20)13-33/h6-7,11,14-16,18-19H,8-10,12H2,1-5H3/t16-,18+,19+/m0/s1. The number of piperidine rings is 1. The molecule has 1 fully saturated rings. The van der Waals surface area contributed by atoms with Crippen LogP contribution in [0.4, 0.5) is 13.2 Å². The fourth-order valence-electron chi connectivity index (χ4n) is 5.48. The van der Waals surface area contributed by atoms with Crippen molar-refractivity contribution in [1.82, 2.24) is 14.5 Å². The molecule has 1 aromatic carbocycles. The molecule has 1 saturated heterocycles. The van der Waals surface area contributed by atoms with Gasteiger partial charge >= 0.3 is 6.18 Å². The van der Waals surface area contributed by atoms with Crippen LogP contribution in [-0.4, -0.2) is 52.0 Å². The predicted molar refractivity (Wildman–Crippen MR) is 140 cm³/mol. The number of carbonyl (C=O) groups excluding carboxylic acids is 2. The SMILES string of the molecule is COc1ccc(C(=O)Cc2cnc3c(c([C@@H]4CCN(C(=O)[C@@H](C)C(F)(F)F)[C@@H](C)C4)cn3C)c2C)cc1C#N. The van der Waals surface area contributed by atoms with E-state index < -0.39 is 18.0 Å². The van der Waals surface area contributed by atoms with Crippen LogP contribution >= 0.6 is 0 Å². The maximum absolute atomic E-state index is 13.2. The van der Waals surface area contributed by atoms with Crippen molar-refractivity contribution >= 4 is 22.7 Å². The van der Waals surface area contributed by atoms with E-state index in [4.69, 9.17) is 4.74 Å². The Morgan fingerprint density at radius 2 is 2.03 bits per heavy atom. The van der Waals surface area contributed by atoms with Crippen molar-refractivity contribution < 1.29 is 27.5 Å². The molecule has 2 aromatic heterocycles. The number of Topliss-reactive ketones (excluding diaryl/α,β-unsaturated/α-hetero) is 1. The lowest BCUT2D eigenvalue weighted by Crippen LogP contribution is -2.49. The van der Waals surface area contributed by atoms with Gasteiger partial charge in [0.2, 0.25) is 5.91 Å². The summed E-state index contributed by atoms with van der Waals surface area (Å²) in [6.07, 6.45) is 0.273. The third-order valence-electron chi connectivity index (χ3n) is 7.83. The van der Waals surface area contributed by atoms with Gasteiger partial charge in [0.05, 0.1) is 12.7 Å². The average Bonchev–Trinajstić information content (AvgIpc) is 3.25. The maximum atomic E-state index is 13.2. The van der Waals surface area contributed by atoms with Crippen LogP contribution in [0.5, 0.6) is 5.75 Å². The van der Waals surface area contributed by atoms with Crippen LogP contribution in [0.1, 0.15) is 65.2 Å². The molecule has 39 heavy (non-hydrogen) atoms. The number of ketones is 1. The van der Waals surface area contributed by atoms with Gasteiger partial charge in [-0.05, 0) is 74.4 Å². The largest absolute Gasteiger partial charge is 0.495 e. The second-order valence-electron chi connectivity index (χ2n) is 10.3. The van der Waals surface area contributed by atoms with E-state index in [1.165, 1.54) is 18.1 Å². The molecule has 0 aliphatic carbocycles. The van der Waals surface area contributed by atoms with Crippen molar-refractivity contribution in [1.29, 1.82) is 5.26 Å². The topological polar surface area (TPSA) is 88.2 Å². The minimum Gasteiger partial charge on any atom is -0.495 e. The number of carbonyl (C=O) groups is 2. The molecule has 0 saturated carbocycles. The minimum atomic E-state index is -4.57. The highest BCUT2D eigenvalue weighted by Gasteiger charge is 2.45. The average molecular weight is 541 g/mol. The highest BCUT2D eigenvalue weighted by molar-refractivity contribution is 5.99. The Labute approximate surface area is 225 Å². The van der Waals surface area contributed by atoms with Gasteiger partial charge in [-0.3, -0.25) is 9.59 Å². The number of amides is 1. The number of aromatic nitrogens is 2. The van der Waals surface area contributed by atoms with Crippen molar-refractivity contribution in [3.8, 4) is 11.8 Å². The smallest absolute Gasteiger partial charge is 0.400 e. The zero-order valence-electron chi connectivity index (χ0n) is 22.6. The number of nitrogens with zero attached hydrogens (tertiary/aromatic N) is 4. The molecule has 10 heteroatoms. The van der Waals surface area contributed by atoms with Crippen LogP contribution in [0, 0.1) is 24.2 Å². The number of alkyl halides is 3. The summed E-state index contributed by atoms with van der Waals surface area (Å²) in [7, 11) is 3.35. The van der Waals surface area contributed by atoms with Crippen LogP contribution < -0.4 is 4.74 Å². The minimum absolute atomic E-state index is 0.0279. The molecule has 1 aliphatic heterocycles. The number of hydrogen-bond acceptors (Lipinski definition) is 5. The summed E-state index contributed by atoms with van der Waals surface area (Å²) >= 11 is 0. The van der Waals surface area contributed by atoms with Gasteiger partial charge in [-0.2, -0.15) is 18.4 Å². The van der Waals surface area contributed by atoms with Crippen LogP contribution in [0.2, 0.25) is 0 Å². The summed E-state index contributed by atoms with van der Waals surface area (Å²) in [5, 5.41) is 10.3. The van der Waals surface area contributed by atoms with Crippen LogP contribution in [0.3, 0.4) is 0 Å². The van der Waals surface area contributed by atoms with Gasteiger partial charge in [-0.1, -0.05) is 0 Å². The summed E-state index contributed by atoms with van der Waals surface area (Å²) in [5.74, 6) is -2.65. The Morgan fingerprint density at radius 3 is 2.64 bits per heavy atom. The second-order valence-corrected chi connectivity index (χ2v) is 10.3. The third kappa shape index (κ3) is 5.35. The molecule has 3 atom stereocenters. The Bertz CT molecular complexity index is 1470. The van der Waals surface area contributed by atoms with Gasteiger partial charge in [0.15, 0.2) is 5.78 Å². The predicted octanol–water partition coefficient (Wildman–Crippen LogP) is 5.48. The quantitative estimate of drug-likeness (QED) is 0.387. The number of hydrogen-bond donors (Lipinski definition) is 0. The Kier molecular flexibility index (Phi) is 7.73. The Morgan fingerprint density at radius 1 is 1.31 bits per heavy atom. The highest BCUT2D eigenvalue weighted by Crippen LogP contribution is 2.39. The lowest BCUT2D eigenvalue weighted by atomic mass is 9.84. The van der Waals surface area contributed by atoms with Crippen molar-refractivity contribution in [2.24, 2.45) is 13.0 Å². The Balaban J connectivity index is 1.60. The molecule has 0 unspecified atom stereocenters. The zero-order chi connectivity index (χ0) is 28.6. The van der Waals surface area contributed by atoms with E-state index in [1.807, 2.05) is 30.8 Å². The molecule has 1 amide bonds. The van der Waals surface area contributed by atoms with E-state index in [0.29, 0.717) is 24.2 Å². The molecule has 4 rings (SSSR count). The molecular weight excluding hydrogens is 509 g/mol. The van der Waals surface area contributed by atoms with Crippen LogP contribution in [0.15, 0.2) is 30.6 Å². The van der Waals surface area contributed by atoms with Crippen molar-refractivity contribution in [3.05, 3.63) is 58.4 Å². The van der Waals surface area contributed by atoms with Crippen molar-refractivity contribution in [2.45, 2.75) is 58.2 Å². The van der Waals surface area contributed by atoms with E-state index in [2.05, 4.69) is 4.98 Å². The summed E-state index contributed by atoms with van der Waals surface area (Å²) in [4.78, 5) is 31.6. The molecule has 206 valence electrons. The van der Waals surface area contributed by atoms with Crippen LogP contribution in [0.25, 0.3) is 11.0 Å². The number of benzene rings is 1. The number of rotatable bonds is 6. The first-order valence-electron chi connectivity index (χ1n) is 12.8. The van der Waals surface area contributed by atoms with Crippen LogP contribution in [-0.2, 0) is 18.3 Å². The highest BCUT2D eigenvalue weighted by atomic mass is 19.4. The fraction of sp³-hybridized carbons (Fsp3) is 0.448. The first-order valence-corrected chi connectivity index (χ1v) is 12.8. The molecule has 0 bridgehead atoms. The number of halogens is 3. The van der Waals surface area contributed by atoms with Gasteiger partial charge in [0.1, 0.15) is 23.4 Å². The number of aryl methyl sites for hydroxylation is 2. The summed E-state index contributed by atoms with van der Waals surface area (Å²) in [5.41, 5.74) is 4.13. The molecule has 0 radical (unpaired) electrons. The molecular formula is C29H31F3N4O3. The maximum Gasteiger partial charge on any atom is 0.400 e. The summed E-state index contributed by atoms with van der Waals surface area (Å²) in [6, 6.07) is 6.45. The third-order valence-corrected chi connectivity index (χ3v) is 7.83. The summed E-state index contributed by atoms with van der Waals surface area (Å²) in [6.45, 7) is 4.89. The number of ether oxygens (including phenoxy) is 1. The lowest BCUT2D eigenvalue weighted by molar-refractivity contribution is -0.187. The number of pyridine rings is 1. The molecule has 1 aliphatic rings. The second kappa shape index (κ2) is 10.7. The van der Waals surface area contributed by atoms with Gasteiger partial charge in [-0.25, -0.2) is 4.98 Å². The van der Waals surface area contributed by atoms with E-state index in [1.54, 1.807) is 25.3 Å². The monoisotopic (exact) mass is 540 g/mol. The van der Waals surface area contributed by atoms with Gasteiger partial charge in [0, 0.05) is 49.4 Å². The fourth-order valence-corrected chi connectivity index (χ4v) is 5.48. The molecule has 3 aromatic rings. The Hall–Kier alpha value is -3.87. The van der Waals surface area contributed by atoms with E-state index in [9.17, 15) is 28.0 Å². The number of likely N-dealkylation sites (tertiary alicyclic amines) is 1. The summed E-state index contributed by atoms with van der Waals surface area (Å²) < 4.78 is 46.5. The molecule has 3 heterocycles. The van der Waals surface area contributed by atoms with Crippen molar-refractivity contribution in [2.75, 3.05) is 13.7 Å². The number of fused-ring (bicyclic) bond motifs is 1. The molecule has 0 N–H and O–H groups in total. The first kappa shape index (κ1) is 28.1. The van der Waals surface area contributed by atoms with Gasteiger partial charge in [-0.15, -0.1) is 0 Å². The zero-order valence-corrected chi connectivity index (χ0v) is 22.6. The molecule has 0 spiro atoms. The van der Waals surface area contributed by atoms with Gasteiger partial charge < -0.3 is 14.2 Å². The number of nitriles is 1. The number of methoxy groups -OCH3 is 1. The van der Waals surface area contributed by atoms with Crippen molar-refractivity contribution in [3.63, 3.8) is 0 Å². The van der Waals surface area contributed by atoms with E-state index in [0.717, 1.165) is 34.6 Å². The lowest BCUT2D eigenvalue weighted by Gasteiger charge is -2.39. The normalized spacial score (nSPS) is 18.6. The first-order chi connectivity index (χ1) is 18.4. The van der Waals surface area contributed by atoms with Gasteiger partial charge in [0.25, 0.3) is 0 Å².